The maximum absolute atomic E-state index is 5.34. The highest BCUT2D eigenvalue weighted by Gasteiger charge is 2.06. The molecule has 3 rings (SSSR count). The predicted molar refractivity (Wildman–Crippen MR) is 111 cm³/mol. The molecule has 0 fully saturated rings. The number of hydrogen-bond donors (Lipinski definition) is 2. The quantitative estimate of drug-likeness (QED) is 0.614. The lowest BCUT2D eigenvalue weighted by molar-refractivity contribution is 0.354. The van der Waals surface area contributed by atoms with E-state index in [1.54, 1.807) is 20.4 Å². The van der Waals surface area contributed by atoms with Gasteiger partial charge in [-0.15, -0.1) is 5.10 Å². The molecule has 7 nitrogen and oxygen atoms in total. The van der Waals surface area contributed by atoms with Crippen molar-refractivity contribution in [3.8, 4) is 11.5 Å². The third-order valence-electron chi connectivity index (χ3n) is 4.20. The Kier molecular flexibility index (Phi) is 6.26. The second-order valence-electron chi connectivity index (χ2n) is 6.53. The van der Waals surface area contributed by atoms with Crippen LogP contribution >= 0.6 is 0 Å². The van der Waals surface area contributed by atoms with E-state index in [2.05, 4.69) is 57.9 Å². The summed E-state index contributed by atoms with van der Waals surface area (Å²) in [6, 6.07) is 12.2. The van der Waals surface area contributed by atoms with Crippen molar-refractivity contribution in [2.45, 2.75) is 20.3 Å². The van der Waals surface area contributed by atoms with Crippen molar-refractivity contribution in [1.29, 1.82) is 0 Å². The van der Waals surface area contributed by atoms with Crippen molar-refractivity contribution in [2.24, 2.45) is 0 Å². The number of benzene rings is 2. The van der Waals surface area contributed by atoms with E-state index in [9.17, 15) is 0 Å². The molecule has 3 aromatic rings. The highest BCUT2D eigenvalue weighted by atomic mass is 16.5. The van der Waals surface area contributed by atoms with Crippen molar-refractivity contribution < 1.29 is 9.47 Å². The smallest absolute Gasteiger partial charge is 0.244 e. The van der Waals surface area contributed by atoms with Gasteiger partial charge in [-0.3, -0.25) is 0 Å². The topological polar surface area (TPSA) is 81.2 Å². The van der Waals surface area contributed by atoms with E-state index in [1.165, 1.54) is 11.1 Å². The second kappa shape index (κ2) is 9.03. The monoisotopic (exact) mass is 379 g/mol. The van der Waals surface area contributed by atoms with Gasteiger partial charge in [-0.1, -0.05) is 12.1 Å². The molecule has 146 valence electrons. The molecule has 0 atom stereocenters. The summed E-state index contributed by atoms with van der Waals surface area (Å²) in [4.78, 5) is 4.48. The SMILES string of the molecule is COc1ccc(CCNc2nncc(Nc3cc(C)cc(C)c3)n2)cc1OC. The molecular weight excluding hydrogens is 354 g/mol. The molecule has 7 heteroatoms. The summed E-state index contributed by atoms with van der Waals surface area (Å²) in [6.45, 7) is 4.80. The van der Waals surface area contributed by atoms with Crippen LogP contribution in [0.3, 0.4) is 0 Å². The van der Waals surface area contributed by atoms with Gasteiger partial charge in [0.2, 0.25) is 5.95 Å². The predicted octanol–water partition coefficient (Wildman–Crippen LogP) is 3.90. The molecular formula is C21H25N5O2. The number of nitrogens with one attached hydrogen (secondary N) is 2. The molecule has 0 aliphatic rings. The van der Waals surface area contributed by atoms with Crippen molar-refractivity contribution in [3.05, 3.63) is 59.3 Å². The number of rotatable bonds is 8. The third-order valence-corrected chi connectivity index (χ3v) is 4.20. The number of ether oxygens (including phenoxy) is 2. The molecule has 0 saturated heterocycles. The molecule has 0 saturated carbocycles. The average molecular weight is 379 g/mol. The van der Waals surface area contributed by atoms with Gasteiger partial charge in [0.25, 0.3) is 0 Å². The zero-order valence-corrected chi connectivity index (χ0v) is 16.6. The Balaban J connectivity index is 1.60. The third kappa shape index (κ3) is 5.09. The first-order chi connectivity index (χ1) is 13.6. The Morgan fingerprint density at radius 1 is 0.929 bits per heavy atom. The van der Waals surface area contributed by atoms with Crippen LogP contribution in [0, 0.1) is 13.8 Å². The van der Waals surface area contributed by atoms with Crippen LogP contribution in [0.4, 0.5) is 17.5 Å². The average Bonchev–Trinajstić information content (AvgIpc) is 2.67. The highest BCUT2D eigenvalue weighted by Crippen LogP contribution is 2.27. The maximum atomic E-state index is 5.34. The van der Waals surface area contributed by atoms with Crippen LogP contribution in [0.2, 0.25) is 0 Å². The maximum Gasteiger partial charge on any atom is 0.244 e. The summed E-state index contributed by atoms with van der Waals surface area (Å²) in [5.41, 5.74) is 4.49. The van der Waals surface area contributed by atoms with Crippen LogP contribution < -0.4 is 20.1 Å². The van der Waals surface area contributed by atoms with E-state index < -0.39 is 0 Å². The number of hydrogen-bond acceptors (Lipinski definition) is 7. The van der Waals surface area contributed by atoms with Crippen LogP contribution in [0.15, 0.2) is 42.6 Å². The van der Waals surface area contributed by atoms with E-state index >= 15 is 0 Å². The highest BCUT2D eigenvalue weighted by molar-refractivity contribution is 5.58. The summed E-state index contributed by atoms with van der Waals surface area (Å²) >= 11 is 0. The minimum Gasteiger partial charge on any atom is -0.493 e. The van der Waals surface area contributed by atoms with Gasteiger partial charge in [-0.05, 0) is 61.2 Å². The van der Waals surface area contributed by atoms with E-state index in [0.29, 0.717) is 18.3 Å². The number of aryl methyl sites for hydroxylation is 2. The van der Waals surface area contributed by atoms with E-state index in [1.807, 2.05) is 18.2 Å². The first kappa shape index (κ1) is 19.4. The van der Waals surface area contributed by atoms with Gasteiger partial charge < -0.3 is 20.1 Å². The molecule has 2 N–H and O–H groups in total. The molecule has 0 amide bonds. The lowest BCUT2D eigenvalue weighted by atomic mass is 10.1. The Bertz CT molecular complexity index is 926. The molecule has 1 aromatic heterocycles. The van der Waals surface area contributed by atoms with Gasteiger partial charge in [0, 0.05) is 12.2 Å². The van der Waals surface area contributed by atoms with Gasteiger partial charge in [0.05, 0.1) is 20.4 Å². The molecule has 2 aromatic carbocycles. The largest absolute Gasteiger partial charge is 0.493 e. The Labute approximate surface area is 165 Å². The fourth-order valence-corrected chi connectivity index (χ4v) is 2.99. The van der Waals surface area contributed by atoms with Crippen molar-refractivity contribution in [2.75, 3.05) is 31.4 Å². The zero-order chi connectivity index (χ0) is 19.9. The fraction of sp³-hybridized carbons (Fsp3) is 0.286. The molecule has 0 aliphatic carbocycles. The van der Waals surface area contributed by atoms with Gasteiger partial charge in [-0.25, -0.2) is 0 Å². The van der Waals surface area contributed by atoms with Gasteiger partial charge >= 0.3 is 0 Å². The number of aromatic nitrogens is 3. The molecule has 0 unspecified atom stereocenters. The Hall–Kier alpha value is -3.35. The first-order valence-corrected chi connectivity index (χ1v) is 9.07. The molecule has 28 heavy (non-hydrogen) atoms. The summed E-state index contributed by atoms with van der Waals surface area (Å²) in [5.74, 6) is 2.57. The lowest BCUT2D eigenvalue weighted by Crippen LogP contribution is -2.10. The van der Waals surface area contributed by atoms with Crippen LogP contribution in [0.1, 0.15) is 16.7 Å². The Morgan fingerprint density at radius 2 is 1.68 bits per heavy atom. The van der Waals surface area contributed by atoms with E-state index in [-0.39, 0.29) is 0 Å². The van der Waals surface area contributed by atoms with Crippen molar-refractivity contribution >= 4 is 17.5 Å². The van der Waals surface area contributed by atoms with Gasteiger partial charge in [0.15, 0.2) is 17.3 Å². The van der Waals surface area contributed by atoms with Crippen molar-refractivity contribution in [1.82, 2.24) is 15.2 Å². The first-order valence-electron chi connectivity index (χ1n) is 9.07. The fourth-order valence-electron chi connectivity index (χ4n) is 2.99. The van der Waals surface area contributed by atoms with Crippen LogP contribution in [-0.4, -0.2) is 35.9 Å². The number of nitrogens with zero attached hydrogens (tertiary/aromatic N) is 3. The molecule has 0 aliphatic heterocycles. The van der Waals surface area contributed by atoms with Crippen LogP contribution in [-0.2, 0) is 6.42 Å². The van der Waals surface area contributed by atoms with Gasteiger partial charge in [0.1, 0.15) is 0 Å². The normalized spacial score (nSPS) is 10.4. The van der Waals surface area contributed by atoms with Crippen molar-refractivity contribution in [3.63, 3.8) is 0 Å². The number of methoxy groups -OCH3 is 2. The van der Waals surface area contributed by atoms with E-state index in [4.69, 9.17) is 9.47 Å². The summed E-state index contributed by atoms with van der Waals surface area (Å²) in [5, 5.41) is 14.6. The lowest BCUT2D eigenvalue weighted by Gasteiger charge is -2.11. The zero-order valence-electron chi connectivity index (χ0n) is 16.6. The van der Waals surface area contributed by atoms with E-state index in [0.717, 1.165) is 29.2 Å². The summed E-state index contributed by atoms with van der Waals surface area (Å²) < 4.78 is 10.6. The Morgan fingerprint density at radius 3 is 2.39 bits per heavy atom. The van der Waals surface area contributed by atoms with Crippen LogP contribution in [0.5, 0.6) is 11.5 Å². The summed E-state index contributed by atoms with van der Waals surface area (Å²) in [6.07, 6.45) is 2.40. The molecule has 1 heterocycles. The number of anilines is 3. The summed E-state index contributed by atoms with van der Waals surface area (Å²) in [7, 11) is 3.26. The molecule has 0 radical (unpaired) electrons. The molecule has 0 bridgehead atoms. The standard InChI is InChI=1S/C21H25N5O2/c1-14-9-15(2)11-17(10-14)24-20-13-23-26-21(25-20)22-8-7-16-5-6-18(27-3)19(12-16)28-4/h5-6,9-13H,7-8H2,1-4H3,(H2,22,24,25,26). The van der Waals surface area contributed by atoms with Gasteiger partial charge in [-0.2, -0.15) is 10.1 Å². The molecule has 0 spiro atoms. The minimum absolute atomic E-state index is 0.481. The second-order valence-corrected chi connectivity index (χ2v) is 6.53. The minimum atomic E-state index is 0.481. The van der Waals surface area contributed by atoms with Crippen LogP contribution in [0.25, 0.3) is 0 Å².